The second kappa shape index (κ2) is 7.57. The smallest absolute Gasteiger partial charge is 0.409 e. The minimum atomic E-state index is -0.322. The Morgan fingerprint density at radius 2 is 1.80 bits per heavy atom. The Morgan fingerprint density at radius 3 is 2.44 bits per heavy atom. The van der Waals surface area contributed by atoms with Gasteiger partial charge in [-0.25, -0.2) is 10.2 Å². The molecule has 0 aromatic rings. The second-order valence-corrected chi connectivity index (χ2v) is 6.74. The van der Waals surface area contributed by atoms with Crippen LogP contribution in [0.25, 0.3) is 0 Å². The predicted molar refractivity (Wildman–Crippen MR) is 89.3 cm³/mol. The topological polar surface area (TPSA) is 94.2 Å². The van der Waals surface area contributed by atoms with Crippen molar-refractivity contribution in [3.8, 4) is 0 Å². The van der Waals surface area contributed by atoms with E-state index in [4.69, 9.17) is 4.74 Å². The molecule has 3 aliphatic heterocycles. The average molecular weight is 353 g/mol. The average Bonchev–Trinajstić information content (AvgIpc) is 3.01. The van der Waals surface area contributed by atoms with Crippen molar-refractivity contribution in [2.24, 2.45) is 11.8 Å². The number of fused-ring (bicyclic) bond motifs is 1. The highest BCUT2D eigenvalue weighted by Crippen LogP contribution is 2.27. The lowest BCUT2D eigenvalue weighted by atomic mass is 9.83. The van der Waals surface area contributed by atoms with Gasteiger partial charge in [-0.05, 0) is 13.5 Å². The van der Waals surface area contributed by atoms with Crippen molar-refractivity contribution in [2.75, 3.05) is 52.4 Å². The molecule has 0 aliphatic carbocycles. The van der Waals surface area contributed by atoms with Crippen molar-refractivity contribution in [3.63, 3.8) is 0 Å². The number of carbonyl (C=O) groups is 3. The molecule has 0 radical (unpaired) electrons. The van der Waals surface area contributed by atoms with Crippen molar-refractivity contribution >= 4 is 17.9 Å². The van der Waals surface area contributed by atoms with Gasteiger partial charge in [-0.2, -0.15) is 0 Å². The van der Waals surface area contributed by atoms with E-state index in [1.807, 2.05) is 6.92 Å². The minimum Gasteiger partial charge on any atom is -0.450 e. The Balaban J connectivity index is 1.62. The molecule has 0 saturated carbocycles. The summed E-state index contributed by atoms with van der Waals surface area (Å²) in [4.78, 5) is 42.4. The number of amides is 3. The van der Waals surface area contributed by atoms with Crippen LogP contribution >= 0.6 is 0 Å². The minimum absolute atomic E-state index is 0.0342. The third-order valence-electron chi connectivity index (χ3n) is 5.36. The van der Waals surface area contributed by atoms with Gasteiger partial charge < -0.3 is 19.4 Å². The van der Waals surface area contributed by atoms with E-state index in [-0.39, 0.29) is 35.8 Å². The Hall–Kier alpha value is -1.87. The van der Waals surface area contributed by atoms with Gasteiger partial charge in [-0.3, -0.25) is 15.0 Å². The van der Waals surface area contributed by atoms with Gasteiger partial charge in [0.15, 0.2) is 0 Å². The van der Waals surface area contributed by atoms with Crippen LogP contribution in [0.4, 0.5) is 4.79 Å². The Bertz CT molecular complexity index is 535. The highest BCUT2D eigenvalue weighted by molar-refractivity contribution is 5.86. The number of nitrogens with one attached hydrogen (secondary N) is 2. The molecule has 3 amide bonds. The number of carbonyl (C=O) groups excluding carboxylic acids is 3. The molecule has 0 aromatic heterocycles. The van der Waals surface area contributed by atoms with Gasteiger partial charge in [0.1, 0.15) is 0 Å². The molecular formula is C16H27N5O4. The van der Waals surface area contributed by atoms with E-state index in [1.54, 1.807) is 16.7 Å². The largest absolute Gasteiger partial charge is 0.450 e. The number of piperazine rings is 1. The number of likely N-dealkylation sites (tertiary alicyclic amines) is 1. The van der Waals surface area contributed by atoms with Crippen molar-refractivity contribution < 1.29 is 19.1 Å². The van der Waals surface area contributed by atoms with Crippen molar-refractivity contribution in [3.05, 3.63) is 0 Å². The molecule has 3 aliphatic rings. The molecule has 9 heteroatoms. The van der Waals surface area contributed by atoms with Crippen LogP contribution in [-0.4, -0.2) is 91.1 Å². The summed E-state index contributed by atoms with van der Waals surface area (Å²) in [6.07, 6.45) is -0.322. The fourth-order valence-electron chi connectivity index (χ4n) is 3.88. The lowest BCUT2D eigenvalue weighted by Gasteiger charge is -2.41. The van der Waals surface area contributed by atoms with Crippen LogP contribution < -0.4 is 10.9 Å². The SMILES string of the molecule is CCOC(=O)N1CCN(C(=O)C2CN(CC)CC3C(=O)NNC32)CC1. The first-order chi connectivity index (χ1) is 12.0. The van der Waals surface area contributed by atoms with Crippen LogP contribution in [0, 0.1) is 11.8 Å². The number of rotatable bonds is 3. The fraction of sp³-hybridized carbons (Fsp3) is 0.812. The van der Waals surface area contributed by atoms with Crippen molar-refractivity contribution in [2.45, 2.75) is 19.9 Å². The molecule has 0 aromatic carbocycles. The number of ether oxygens (including phenoxy) is 1. The van der Waals surface area contributed by atoms with Crippen molar-refractivity contribution in [1.82, 2.24) is 25.6 Å². The third kappa shape index (κ3) is 3.57. The second-order valence-electron chi connectivity index (χ2n) is 6.74. The zero-order valence-electron chi connectivity index (χ0n) is 14.9. The third-order valence-corrected chi connectivity index (χ3v) is 5.36. The summed E-state index contributed by atoms with van der Waals surface area (Å²) in [6.45, 7) is 8.27. The van der Waals surface area contributed by atoms with Gasteiger partial charge >= 0.3 is 6.09 Å². The first-order valence-corrected chi connectivity index (χ1v) is 9.03. The maximum Gasteiger partial charge on any atom is 0.409 e. The lowest BCUT2D eigenvalue weighted by molar-refractivity contribution is -0.141. The first kappa shape index (κ1) is 17.9. The van der Waals surface area contributed by atoms with Gasteiger partial charge in [0.25, 0.3) is 0 Å². The highest BCUT2D eigenvalue weighted by atomic mass is 16.6. The van der Waals surface area contributed by atoms with Gasteiger partial charge in [-0.1, -0.05) is 6.92 Å². The van der Waals surface area contributed by atoms with E-state index in [0.717, 1.165) is 6.54 Å². The molecule has 2 N–H and O–H groups in total. The molecule has 9 nitrogen and oxygen atoms in total. The lowest BCUT2D eigenvalue weighted by Crippen LogP contribution is -2.60. The Morgan fingerprint density at radius 1 is 1.12 bits per heavy atom. The van der Waals surface area contributed by atoms with Crippen LogP contribution in [0.1, 0.15) is 13.8 Å². The van der Waals surface area contributed by atoms with E-state index >= 15 is 0 Å². The zero-order chi connectivity index (χ0) is 18.0. The van der Waals surface area contributed by atoms with E-state index in [2.05, 4.69) is 15.8 Å². The van der Waals surface area contributed by atoms with Crippen LogP contribution in [0.3, 0.4) is 0 Å². The van der Waals surface area contributed by atoms with Crippen LogP contribution in [0.15, 0.2) is 0 Å². The van der Waals surface area contributed by atoms with E-state index < -0.39 is 0 Å². The predicted octanol–water partition coefficient (Wildman–Crippen LogP) is -1.14. The number of hydrogen-bond acceptors (Lipinski definition) is 6. The summed E-state index contributed by atoms with van der Waals surface area (Å²) in [7, 11) is 0. The maximum atomic E-state index is 13.1. The Kier molecular flexibility index (Phi) is 5.43. The number of nitrogens with zero attached hydrogens (tertiary/aromatic N) is 3. The molecule has 3 unspecified atom stereocenters. The van der Waals surface area contributed by atoms with Crippen molar-refractivity contribution in [1.29, 1.82) is 0 Å². The highest BCUT2D eigenvalue weighted by Gasteiger charge is 2.48. The summed E-state index contributed by atoms with van der Waals surface area (Å²) < 4.78 is 5.01. The van der Waals surface area contributed by atoms with Crippen LogP contribution in [0.5, 0.6) is 0 Å². The van der Waals surface area contributed by atoms with Gasteiger partial charge in [0.2, 0.25) is 11.8 Å². The molecule has 25 heavy (non-hydrogen) atoms. The molecule has 3 fully saturated rings. The number of hydrazine groups is 1. The van der Waals surface area contributed by atoms with Crippen LogP contribution in [0.2, 0.25) is 0 Å². The van der Waals surface area contributed by atoms with Gasteiger partial charge in [-0.15, -0.1) is 0 Å². The summed E-state index contributed by atoms with van der Waals surface area (Å²) in [5.74, 6) is -0.427. The van der Waals surface area contributed by atoms with Gasteiger partial charge in [0.05, 0.1) is 24.5 Å². The molecule has 3 atom stereocenters. The molecule has 3 saturated heterocycles. The molecule has 3 rings (SSSR count). The standard InChI is InChI=1S/C16H27N5O4/c1-3-19-9-11-13(17-18-14(11)22)12(10-19)15(23)20-5-7-21(8-6-20)16(24)25-4-2/h11-13,17H,3-10H2,1-2H3,(H,18,22). The summed E-state index contributed by atoms with van der Waals surface area (Å²) in [6, 6.07) is -0.161. The molecular weight excluding hydrogens is 326 g/mol. The molecule has 140 valence electrons. The summed E-state index contributed by atoms with van der Waals surface area (Å²) in [5, 5.41) is 0. The van der Waals surface area contributed by atoms with E-state index in [0.29, 0.717) is 45.9 Å². The number of hydrogen-bond donors (Lipinski definition) is 2. The molecule has 0 bridgehead atoms. The first-order valence-electron chi connectivity index (χ1n) is 9.03. The zero-order valence-corrected chi connectivity index (χ0v) is 14.9. The fourth-order valence-corrected chi connectivity index (χ4v) is 3.88. The van der Waals surface area contributed by atoms with Gasteiger partial charge in [0, 0.05) is 39.3 Å². The monoisotopic (exact) mass is 353 g/mol. The molecule has 3 heterocycles. The number of piperidine rings is 1. The Labute approximate surface area is 147 Å². The van der Waals surface area contributed by atoms with Crippen LogP contribution in [-0.2, 0) is 14.3 Å². The van der Waals surface area contributed by atoms with E-state index in [9.17, 15) is 14.4 Å². The summed E-state index contributed by atoms with van der Waals surface area (Å²) >= 11 is 0. The van der Waals surface area contributed by atoms with E-state index in [1.165, 1.54) is 0 Å². The molecule has 0 spiro atoms. The summed E-state index contributed by atoms with van der Waals surface area (Å²) in [5.41, 5.74) is 5.68. The normalized spacial score (nSPS) is 30.0. The maximum absolute atomic E-state index is 13.1. The quantitative estimate of drug-likeness (QED) is 0.666.